The molecule has 5 fully saturated rings. The first-order chi connectivity index (χ1) is 10.6. The summed E-state index contributed by atoms with van der Waals surface area (Å²) in [5.41, 5.74) is 0.346. The molecule has 2 unspecified atom stereocenters. The first-order valence-electron chi connectivity index (χ1n) is 9.40. The van der Waals surface area contributed by atoms with Crippen molar-refractivity contribution in [3.8, 4) is 0 Å². The molecule has 5 aliphatic carbocycles. The second kappa shape index (κ2) is 5.51. The molecule has 3 nitrogen and oxygen atoms in total. The Labute approximate surface area is 133 Å². The maximum absolute atomic E-state index is 12.4. The van der Waals surface area contributed by atoms with Crippen LogP contribution in [0.3, 0.4) is 0 Å². The Balaban J connectivity index is 1.40. The Hall–Kier alpha value is -0.570. The van der Waals surface area contributed by atoms with Crippen molar-refractivity contribution in [3.05, 3.63) is 0 Å². The van der Waals surface area contributed by atoms with Gasteiger partial charge in [0.25, 0.3) is 0 Å². The van der Waals surface area contributed by atoms with E-state index < -0.39 is 0 Å². The van der Waals surface area contributed by atoms with Gasteiger partial charge in [0.2, 0.25) is 0 Å². The van der Waals surface area contributed by atoms with E-state index in [2.05, 4.69) is 0 Å². The minimum absolute atomic E-state index is 0.0634. The summed E-state index contributed by atoms with van der Waals surface area (Å²) >= 11 is 0. The van der Waals surface area contributed by atoms with E-state index >= 15 is 0 Å². The molecular weight excluding hydrogens is 276 g/mol. The van der Waals surface area contributed by atoms with Crippen LogP contribution in [0.5, 0.6) is 0 Å². The van der Waals surface area contributed by atoms with Gasteiger partial charge >= 0.3 is 5.97 Å². The molecule has 5 aliphatic rings. The van der Waals surface area contributed by atoms with Crippen LogP contribution in [0.15, 0.2) is 0 Å². The summed E-state index contributed by atoms with van der Waals surface area (Å²) in [4.78, 5) is 12.4. The number of carbonyl (C=O) groups is 1. The molecule has 5 saturated carbocycles. The van der Waals surface area contributed by atoms with E-state index in [0.717, 1.165) is 31.1 Å². The third-order valence-corrected chi connectivity index (χ3v) is 7.10. The zero-order valence-corrected chi connectivity index (χ0v) is 13.7. The Kier molecular flexibility index (Phi) is 3.75. The standard InChI is InChI=1S/C19H30O3/c20-12-18-7-14-6-15(8-18)10-19(9-14,11-18)13-22-17(21)16-4-2-1-3-5-16/h14-16,20H,1-13H2. The van der Waals surface area contributed by atoms with Gasteiger partial charge in [-0.05, 0) is 68.6 Å². The van der Waals surface area contributed by atoms with Crippen LogP contribution in [0, 0.1) is 28.6 Å². The van der Waals surface area contributed by atoms with Crippen molar-refractivity contribution in [1.29, 1.82) is 0 Å². The van der Waals surface area contributed by atoms with Crippen molar-refractivity contribution >= 4 is 5.97 Å². The van der Waals surface area contributed by atoms with Gasteiger partial charge in [0.1, 0.15) is 0 Å². The second-order valence-corrected chi connectivity index (χ2v) is 9.06. The quantitative estimate of drug-likeness (QED) is 0.806. The molecule has 0 aromatic rings. The highest BCUT2D eigenvalue weighted by Crippen LogP contribution is 2.65. The fraction of sp³-hybridized carbons (Fsp3) is 0.947. The van der Waals surface area contributed by atoms with E-state index in [1.165, 1.54) is 51.4 Å². The highest BCUT2D eigenvalue weighted by molar-refractivity contribution is 5.72. The van der Waals surface area contributed by atoms with E-state index in [1.807, 2.05) is 0 Å². The normalized spacial score (nSPS) is 44.2. The van der Waals surface area contributed by atoms with E-state index in [0.29, 0.717) is 13.2 Å². The van der Waals surface area contributed by atoms with Crippen molar-refractivity contribution in [3.63, 3.8) is 0 Å². The molecule has 0 heterocycles. The van der Waals surface area contributed by atoms with Gasteiger partial charge in [0.15, 0.2) is 0 Å². The molecule has 0 spiro atoms. The summed E-state index contributed by atoms with van der Waals surface area (Å²) in [5.74, 6) is 1.76. The lowest BCUT2D eigenvalue weighted by atomic mass is 9.44. The molecule has 0 amide bonds. The Morgan fingerprint density at radius 2 is 1.64 bits per heavy atom. The van der Waals surface area contributed by atoms with Crippen LogP contribution in [-0.2, 0) is 9.53 Å². The first-order valence-corrected chi connectivity index (χ1v) is 9.40. The van der Waals surface area contributed by atoms with Crippen LogP contribution in [0.2, 0.25) is 0 Å². The highest BCUT2D eigenvalue weighted by Gasteiger charge is 2.57. The molecule has 5 rings (SSSR count). The summed E-state index contributed by atoms with van der Waals surface area (Å²) < 4.78 is 5.84. The number of rotatable bonds is 4. The van der Waals surface area contributed by atoms with Crippen LogP contribution in [-0.4, -0.2) is 24.3 Å². The summed E-state index contributed by atoms with van der Waals surface area (Å²) in [6.45, 7) is 0.954. The lowest BCUT2D eigenvalue weighted by Crippen LogP contribution is -2.55. The van der Waals surface area contributed by atoms with E-state index in [-0.39, 0.29) is 22.7 Å². The predicted molar refractivity (Wildman–Crippen MR) is 84.2 cm³/mol. The number of ether oxygens (including phenoxy) is 1. The molecule has 2 atom stereocenters. The summed E-state index contributed by atoms with van der Waals surface area (Å²) in [6, 6.07) is 0. The monoisotopic (exact) mass is 306 g/mol. The van der Waals surface area contributed by atoms with Crippen LogP contribution >= 0.6 is 0 Å². The molecule has 22 heavy (non-hydrogen) atoms. The molecular formula is C19H30O3. The number of esters is 1. The lowest BCUT2D eigenvalue weighted by Gasteiger charge is -2.61. The zero-order chi connectivity index (χ0) is 15.2. The van der Waals surface area contributed by atoms with Crippen molar-refractivity contribution in [2.45, 2.75) is 70.6 Å². The topological polar surface area (TPSA) is 46.5 Å². The van der Waals surface area contributed by atoms with Crippen molar-refractivity contribution in [1.82, 2.24) is 0 Å². The number of aliphatic hydroxyl groups excluding tert-OH is 1. The maximum Gasteiger partial charge on any atom is 0.308 e. The molecule has 0 aliphatic heterocycles. The second-order valence-electron chi connectivity index (χ2n) is 9.06. The molecule has 0 aromatic carbocycles. The summed E-state index contributed by atoms with van der Waals surface area (Å²) in [6.07, 6.45) is 13.0. The van der Waals surface area contributed by atoms with Gasteiger partial charge in [-0.1, -0.05) is 19.3 Å². The minimum atomic E-state index is 0.0634. The smallest absolute Gasteiger partial charge is 0.308 e. The van der Waals surface area contributed by atoms with Gasteiger partial charge in [0, 0.05) is 12.0 Å². The Morgan fingerprint density at radius 1 is 1.00 bits per heavy atom. The van der Waals surface area contributed by atoms with Crippen molar-refractivity contribution in [2.24, 2.45) is 28.6 Å². The van der Waals surface area contributed by atoms with Crippen molar-refractivity contribution < 1.29 is 14.6 Å². The minimum Gasteiger partial charge on any atom is -0.465 e. The molecule has 0 aromatic heterocycles. The fourth-order valence-electron chi connectivity index (χ4n) is 6.68. The predicted octanol–water partition coefficient (Wildman–Crippen LogP) is 3.69. The first kappa shape index (κ1) is 15.0. The van der Waals surface area contributed by atoms with Crippen LogP contribution in [0.4, 0.5) is 0 Å². The molecule has 3 heteroatoms. The fourth-order valence-corrected chi connectivity index (χ4v) is 6.68. The largest absolute Gasteiger partial charge is 0.465 e. The van der Waals surface area contributed by atoms with Gasteiger partial charge in [0.05, 0.1) is 12.5 Å². The Morgan fingerprint density at radius 3 is 2.27 bits per heavy atom. The maximum atomic E-state index is 12.4. The van der Waals surface area contributed by atoms with Gasteiger partial charge in [-0.3, -0.25) is 4.79 Å². The van der Waals surface area contributed by atoms with Gasteiger partial charge in [-0.15, -0.1) is 0 Å². The van der Waals surface area contributed by atoms with E-state index in [1.54, 1.807) is 0 Å². The average molecular weight is 306 g/mol. The van der Waals surface area contributed by atoms with Crippen LogP contribution < -0.4 is 0 Å². The number of hydrogen-bond donors (Lipinski definition) is 1. The van der Waals surface area contributed by atoms with Crippen LogP contribution in [0.25, 0.3) is 0 Å². The SMILES string of the molecule is O=C(OCC12CC3CC(CC(CO)(C3)C1)C2)C1CCCCC1. The van der Waals surface area contributed by atoms with Crippen LogP contribution in [0.1, 0.15) is 70.6 Å². The number of aliphatic hydroxyl groups is 1. The lowest BCUT2D eigenvalue weighted by molar-refractivity contribution is -0.173. The van der Waals surface area contributed by atoms with Crippen molar-refractivity contribution in [2.75, 3.05) is 13.2 Å². The third-order valence-electron chi connectivity index (χ3n) is 7.10. The molecule has 1 N–H and O–H groups in total. The Bertz CT molecular complexity index is 424. The summed E-state index contributed by atoms with van der Waals surface area (Å²) in [7, 11) is 0. The van der Waals surface area contributed by atoms with E-state index in [4.69, 9.17) is 4.74 Å². The molecule has 0 saturated heterocycles. The number of carbonyl (C=O) groups excluding carboxylic acids is 1. The average Bonchev–Trinajstić information content (AvgIpc) is 2.52. The molecule has 4 bridgehead atoms. The molecule has 124 valence electrons. The number of hydrogen-bond acceptors (Lipinski definition) is 3. The zero-order valence-electron chi connectivity index (χ0n) is 13.7. The highest BCUT2D eigenvalue weighted by atomic mass is 16.5. The third kappa shape index (κ3) is 2.60. The molecule has 0 radical (unpaired) electrons. The van der Waals surface area contributed by atoms with E-state index in [9.17, 15) is 9.90 Å². The van der Waals surface area contributed by atoms with Gasteiger partial charge in [-0.25, -0.2) is 0 Å². The van der Waals surface area contributed by atoms with Gasteiger partial charge in [-0.2, -0.15) is 0 Å². The summed E-state index contributed by atoms with van der Waals surface area (Å²) in [5, 5.41) is 9.92. The van der Waals surface area contributed by atoms with Gasteiger partial charge < -0.3 is 9.84 Å².